The molecule has 0 saturated carbocycles. The molecule has 1 N–H and O–H groups in total. The van der Waals surface area contributed by atoms with Crippen LogP contribution < -0.4 is 0 Å². The molecule has 6 heteroatoms. The van der Waals surface area contributed by atoms with Crippen LogP contribution in [0.4, 0.5) is 9.18 Å². The van der Waals surface area contributed by atoms with E-state index < -0.39 is 17.5 Å². The number of halogens is 2. The predicted molar refractivity (Wildman–Crippen MR) is 64.3 cm³/mol. The summed E-state index contributed by atoms with van der Waals surface area (Å²) in [5.41, 5.74) is -0.0458. The molecule has 0 bridgehead atoms. The van der Waals surface area contributed by atoms with Crippen LogP contribution in [0, 0.1) is 5.82 Å². The molecule has 1 aromatic rings. The minimum Gasteiger partial charge on any atom is -0.465 e. The van der Waals surface area contributed by atoms with Crippen LogP contribution in [0.5, 0.6) is 0 Å². The van der Waals surface area contributed by atoms with E-state index in [4.69, 9.17) is 21.4 Å². The van der Waals surface area contributed by atoms with E-state index in [9.17, 15) is 9.18 Å². The van der Waals surface area contributed by atoms with Gasteiger partial charge in [0, 0.05) is 20.1 Å². The van der Waals surface area contributed by atoms with Crippen molar-refractivity contribution in [3.63, 3.8) is 0 Å². The number of methoxy groups -OCH3 is 1. The van der Waals surface area contributed by atoms with Gasteiger partial charge in [-0.2, -0.15) is 0 Å². The van der Waals surface area contributed by atoms with E-state index in [1.165, 1.54) is 24.1 Å². The molecular formula is C12H13ClFNO3. The van der Waals surface area contributed by atoms with Crippen LogP contribution in [0.3, 0.4) is 0 Å². The van der Waals surface area contributed by atoms with Crippen molar-refractivity contribution in [2.24, 2.45) is 0 Å². The van der Waals surface area contributed by atoms with E-state index in [-0.39, 0.29) is 11.6 Å². The Morgan fingerprint density at radius 3 is 2.83 bits per heavy atom. The van der Waals surface area contributed by atoms with Gasteiger partial charge in [-0.3, -0.25) is 0 Å². The molecule has 0 spiro atoms. The van der Waals surface area contributed by atoms with E-state index in [0.29, 0.717) is 18.5 Å². The van der Waals surface area contributed by atoms with Gasteiger partial charge >= 0.3 is 6.09 Å². The van der Waals surface area contributed by atoms with Gasteiger partial charge in [-0.05, 0) is 17.7 Å². The van der Waals surface area contributed by atoms with Crippen molar-refractivity contribution in [3.8, 4) is 0 Å². The zero-order valence-electron chi connectivity index (χ0n) is 9.82. The molecule has 0 aliphatic carbocycles. The van der Waals surface area contributed by atoms with E-state index in [1.54, 1.807) is 6.07 Å². The van der Waals surface area contributed by atoms with Gasteiger partial charge in [-0.25, -0.2) is 9.18 Å². The third-order valence-corrected chi connectivity index (χ3v) is 3.63. The molecule has 1 aromatic carbocycles. The van der Waals surface area contributed by atoms with Gasteiger partial charge in [0.2, 0.25) is 0 Å². The Balaban J connectivity index is 2.33. The number of rotatable bonds is 2. The van der Waals surface area contributed by atoms with E-state index in [2.05, 4.69) is 0 Å². The summed E-state index contributed by atoms with van der Waals surface area (Å²) in [4.78, 5) is 12.2. The fourth-order valence-electron chi connectivity index (χ4n) is 2.24. The molecule has 1 amide bonds. The largest absolute Gasteiger partial charge is 0.465 e. The number of hydrogen-bond donors (Lipinski definition) is 1. The zero-order valence-corrected chi connectivity index (χ0v) is 10.6. The van der Waals surface area contributed by atoms with Crippen molar-refractivity contribution in [2.45, 2.75) is 12.0 Å². The summed E-state index contributed by atoms with van der Waals surface area (Å²) in [6, 6.07) is 4.34. The number of benzene rings is 1. The normalized spacial score (nSPS) is 23.4. The summed E-state index contributed by atoms with van der Waals surface area (Å²) in [6.07, 6.45) is -0.459. The number of nitrogens with zero attached hydrogens (tertiary/aromatic N) is 1. The molecule has 1 aliphatic heterocycles. The minimum absolute atomic E-state index is 0.0118. The highest BCUT2D eigenvalue weighted by Crippen LogP contribution is 2.36. The number of carbonyl (C=O) groups is 1. The third-order valence-electron chi connectivity index (χ3n) is 3.34. The van der Waals surface area contributed by atoms with Crippen LogP contribution in [0.2, 0.25) is 5.02 Å². The van der Waals surface area contributed by atoms with Crippen LogP contribution >= 0.6 is 11.6 Å². The maximum atomic E-state index is 13.1. The molecule has 1 unspecified atom stereocenters. The summed E-state index contributed by atoms with van der Waals surface area (Å²) in [5, 5.41) is 8.98. The zero-order chi connectivity index (χ0) is 13.3. The lowest BCUT2D eigenvalue weighted by Crippen LogP contribution is -2.35. The van der Waals surface area contributed by atoms with Crippen molar-refractivity contribution < 1.29 is 19.0 Å². The standard InChI is InChI=1S/C12H13ClFNO3/c1-18-12(4-5-15(7-12)11(16)17)8-2-3-10(14)9(13)6-8/h2-3,6H,4-5,7H2,1H3,(H,16,17). The quantitative estimate of drug-likeness (QED) is 0.901. The predicted octanol–water partition coefficient (Wildman–Crippen LogP) is 2.70. The van der Waals surface area contributed by atoms with Crippen LogP contribution in [0.15, 0.2) is 18.2 Å². The van der Waals surface area contributed by atoms with Crippen LogP contribution in [-0.2, 0) is 10.3 Å². The van der Waals surface area contributed by atoms with Gasteiger partial charge in [0.05, 0.1) is 11.6 Å². The van der Waals surface area contributed by atoms with Crippen LogP contribution in [-0.4, -0.2) is 36.3 Å². The first-order valence-corrected chi connectivity index (χ1v) is 5.85. The lowest BCUT2D eigenvalue weighted by Gasteiger charge is -2.28. The van der Waals surface area contributed by atoms with Crippen molar-refractivity contribution in [1.29, 1.82) is 0 Å². The fraction of sp³-hybridized carbons (Fsp3) is 0.417. The maximum Gasteiger partial charge on any atom is 0.407 e. The number of hydrogen-bond acceptors (Lipinski definition) is 2. The maximum absolute atomic E-state index is 13.1. The van der Waals surface area contributed by atoms with Crippen LogP contribution in [0.25, 0.3) is 0 Å². The number of carboxylic acid groups (broad SMARTS) is 1. The Labute approximate surface area is 109 Å². The highest BCUT2D eigenvalue weighted by molar-refractivity contribution is 6.30. The average Bonchev–Trinajstić information content (AvgIpc) is 2.78. The summed E-state index contributed by atoms with van der Waals surface area (Å²) in [7, 11) is 1.52. The topological polar surface area (TPSA) is 49.8 Å². The molecule has 1 saturated heterocycles. The molecule has 0 aromatic heterocycles. The van der Waals surface area contributed by atoms with Crippen molar-refractivity contribution in [1.82, 2.24) is 4.90 Å². The van der Waals surface area contributed by atoms with E-state index >= 15 is 0 Å². The smallest absolute Gasteiger partial charge is 0.407 e. The molecule has 1 fully saturated rings. The molecule has 4 nitrogen and oxygen atoms in total. The minimum atomic E-state index is -0.984. The van der Waals surface area contributed by atoms with Gasteiger partial charge in [0.1, 0.15) is 11.4 Å². The van der Waals surface area contributed by atoms with E-state index in [1.807, 2.05) is 0 Å². The highest BCUT2D eigenvalue weighted by Gasteiger charge is 2.42. The lowest BCUT2D eigenvalue weighted by atomic mass is 9.92. The Morgan fingerprint density at radius 1 is 1.61 bits per heavy atom. The molecule has 18 heavy (non-hydrogen) atoms. The Bertz CT molecular complexity index is 482. The second-order valence-electron chi connectivity index (χ2n) is 4.28. The van der Waals surface area contributed by atoms with Crippen LogP contribution in [0.1, 0.15) is 12.0 Å². The first-order chi connectivity index (χ1) is 8.48. The number of ether oxygens (including phenoxy) is 1. The molecule has 98 valence electrons. The van der Waals surface area contributed by atoms with Gasteiger partial charge in [-0.1, -0.05) is 17.7 Å². The summed E-state index contributed by atoms with van der Waals surface area (Å²) < 4.78 is 18.6. The van der Waals surface area contributed by atoms with Crippen molar-refractivity contribution in [3.05, 3.63) is 34.6 Å². The van der Waals surface area contributed by atoms with E-state index in [0.717, 1.165) is 0 Å². The first kappa shape index (κ1) is 13.1. The summed E-state index contributed by atoms with van der Waals surface area (Å²) >= 11 is 5.75. The van der Waals surface area contributed by atoms with Crippen molar-refractivity contribution >= 4 is 17.7 Å². The third kappa shape index (κ3) is 2.15. The molecule has 1 atom stereocenters. The van der Waals surface area contributed by atoms with Gasteiger partial charge in [0.25, 0.3) is 0 Å². The Kier molecular flexibility index (Phi) is 3.45. The molecule has 1 heterocycles. The fourth-order valence-corrected chi connectivity index (χ4v) is 2.43. The monoisotopic (exact) mass is 273 g/mol. The lowest BCUT2D eigenvalue weighted by molar-refractivity contribution is -0.00487. The molecule has 1 aliphatic rings. The average molecular weight is 274 g/mol. The second-order valence-corrected chi connectivity index (χ2v) is 4.69. The molecule has 0 radical (unpaired) electrons. The molecular weight excluding hydrogens is 261 g/mol. The summed E-state index contributed by atoms with van der Waals surface area (Å²) in [6.45, 7) is 0.610. The van der Waals surface area contributed by atoms with Gasteiger partial charge in [0.15, 0.2) is 0 Å². The van der Waals surface area contributed by atoms with Gasteiger partial charge in [-0.15, -0.1) is 0 Å². The molecule has 2 rings (SSSR count). The Morgan fingerprint density at radius 2 is 2.33 bits per heavy atom. The van der Waals surface area contributed by atoms with Crippen molar-refractivity contribution in [2.75, 3.05) is 20.2 Å². The number of amides is 1. The SMILES string of the molecule is COC1(c2ccc(F)c(Cl)c2)CCN(C(=O)O)C1. The Hall–Kier alpha value is -1.33. The summed E-state index contributed by atoms with van der Waals surface area (Å²) in [5.74, 6) is -0.500. The highest BCUT2D eigenvalue weighted by atomic mass is 35.5. The second kappa shape index (κ2) is 4.74. The van der Waals surface area contributed by atoms with Gasteiger partial charge < -0.3 is 14.7 Å². The number of likely N-dealkylation sites (tertiary alicyclic amines) is 1. The first-order valence-electron chi connectivity index (χ1n) is 5.47.